The summed E-state index contributed by atoms with van der Waals surface area (Å²) in [5, 5.41) is 3.14. The van der Waals surface area contributed by atoms with Gasteiger partial charge in [-0.3, -0.25) is 4.98 Å². The molecule has 0 amide bonds. The standard InChI is InChI=1S/C10H18N4O2/c1-15-7-8(16-2)6-14-10-9(5-11)12-3-4-13-10/h3-4,8H,5-7,11H2,1-2H3,(H,13,14). The van der Waals surface area contributed by atoms with E-state index in [4.69, 9.17) is 15.2 Å². The van der Waals surface area contributed by atoms with Crippen LogP contribution in [-0.2, 0) is 16.0 Å². The molecule has 0 saturated heterocycles. The van der Waals surface area contributed by atoms with Gasteiger partial charge < -0.3 is 20.5 Å². The normalized spacial score (nSPS) is 12.4. The number of nitrogens with zero attached hydrogens (tertiary/aromatic N) is 2. The Morgan fingerprint density at radius 1 is 1.38 bits per heavy atom. The number of methoxy groups -OCH3 is 2. The maximum Gasteiger partial charge on any atom is 0.149 e. The van der Waals surface area contributed by atoms with E-state index in [0.29, 0.717) is 25.5 Å². The van der Waals surface area contributed by atoms with Crippen molar-refractivity contribution < 1.29 is 9.47 Å². The minimum absolute atomic E-state index is 0.0161. The van der Waals surface area contributed by atoms with Crippen LogP contribution < -0.4 is 11.1 Å². The Morgan fingerprint density at radius 3 is 2.75 bits per heavy atom. The molecule has 0 fully saturated rings. The van der Waals surface area contributed by atoms with Crippen molar-refractivity contribution >= 4 is 5.82 Å². The first-order valence-corrected chi connectivity index (χ1v) is 5.07. The van der Waals surface area contributed by atoms with Gasteiger partial charge in [-0.25, -0.2) is 4.98 Å². The van der Waals surface area contributed by atoms with Gasteiger partial charge in [-0.05, 0) is 0 Å². The lowest BCUT2D eigenvalue weighted by molar-refractivity contribution is 0.0365. The third kappa shape index (κ3) is 3.73. The van der Waals surface area contributed by atoms with Crippen LogP contribution in [0.5, 0.6) is 0 Å². The van der Waals surface area contributed by atoms with Crippen LogP contribution in [0.2, 0.25) is 0 Å². The minimum Gasteiger partial charge on any atom is -0.382 e. The molecule has 0 radical (unpaired) electrons. The van der Waals surface area contributed by atoms with Crippen LogP contribution in [0.25, 0.3) is 0 Å². The molecular formula is C10H18N4O2. The van der Waals surface area contributed by atoms with E-state index in [-0.39, 0.29) is 6.10 Å². The largest absolute Gasteiger partial charge is 0.382 e. The lowest BCUT2D eigenvalue weighted by Gasteiger charge is -2.16. The van der Waals surface area contributed by atoms with Gasteiger partial charge in [0, 0.05) is 39.7 Å². The molecular weight excluding hydrogens is 208 g/mol. The lowest BCUT2D eigenvalue weighted by atomic mass is 10.3. The lowest BCUT2D eigenvalue weighted by Crippen LogP contribution is -2.27. The van der Waals surface area contributed by atoms with Crippen molar-refractivity contribution in [1.82, 2.24) is 9.97 Å². The summed E-state index contributed by atoms with van der Waals surface area (Å²) in [5.41, 5.74) is 6.29. The van der Waals surface area contributed by atoms with Crippen LogP contribution >= 0.6 is 0 Å². The molecule has 1 aromatic rings. The first-order chi connectivity index (χ1) is 7.81. The van der Waals surface area contributed by atoms with Crippen LogP contribution in [0.4, 0.5) is 5.82 Å². The predicted molar refractivity (Wildman–Crippen MR) is 61.1 cm³/mol. The number of hydrogen-bond donors (Lipinski definition) is 2. The van der Waals surface area contributed by atoms with E-state index in [1.807, 2.05) is 0 Å². The average molecular weight is 226 g/mol. The first-order valence-electron chi connectivity index (χ1n) is 5.07. The highest BCUT2D eigenvalue weighted by molar-refractivity contribution is 5.39. The van der Waals surface area contributed by atoms with Gasteiger partial charge in [0.2, 0.25) is 0 Å². The van der Waals surface area contributed by atoms with Crippen LogP contribution in [0.3, 0.4) is 0 Å². The topological polar surface area (TPSA) is 82.3 Å². The molecule has 1 rings (SSSR count). The monoisotopic (exact) mass is 226 g/mol. The number of rotatable bonds is 7. The SMILES string of the molecule is COCC(CNc1nccnc1CN)OC. The number of nitrogens with one attached hydrogen (secondary N) is 1. The van der Waals surface area contributed by atoms with Crippen molar-refractivity contribution in [2.24, 2.45) is 5.73 Å². The highest BCUT2D eigenvalue weighted by Crippen LogP contribution is 2.07. The molecule has 6 nitrogen and oxygen atoms in total. The maximum atomic E-state index is 5.55. The van der Waals surface area contributed by atoms with Gasteiger partial charge in [0.25, 0.3) is 0 Å². The maximum absolute atomic E-state index is 5.55. The number of anilines is 1. The van der Waals surface area contributed by atoms with Gasteiger partial charge >= 0.3 is 0 Å². The summed E-state index contributed by atoms with van der Waals surface area (Å²) in [6.07, 6.45) is 3.23. The molecule has 1 unspecified atom stereocenters. The van der Waals surface area contributed by atoms with E-state index in [0.717, 1.165) is 5.69 Å². The molecule has 0 aliphatic heterocycles. The summed E-state index contributed by atoms with van der Waals surface area (Å²) in [5.74, 6) is 0.697. The van der Waals surface area contributed by atoms with Gasteiger partial charge in [0.05, 0.1) is 18.4 Å². The Bertz CT molecular complexity index is 309. The van der Waals surface area contributed by atoms with Gasteiger partial charge in [0.15, 0.2) is 0 Å². The Kier molecular flexibility index (Phi) is 5.69. The molecule has 0 bridgehead atoms. The van der Waals surface area contributed by atoms with Crippen molar-refractivity contribution in [2.75, 3.05) is 32.7 Å². The molecule has 0 aliphatic rings. The highest BCUT2D eigenvalue weighted by Gasteiger charge is 2.08. The molecule has 6 heteroatoms. The fraction of sp³-hybridized carbons (Fsp3) is 0.600. The van der Waals surface area contributed by atoms with Gasteiger partial charge in [-0.1, -0.05) is 0 Å². The summed E-state index contributed by atoms with van der Waals surface area (Å²) >= 11 is 0. The predicted octanol–water partition coefficient (Wildman–Crippen LogP) is 0.00860. The zero-order chi connectivity index (χ0) is 11.8. The van der Waals surface area contributed by atoms with E-state index in [1.54, 1.807) is 26.6 Å². The Morgan fingerprint density at radius 2 is 2.12 bits per heavy atom. The molecule has 3 N–H and O–H groups in total. The fourth-order valence-corrected chi connectivity index (χ4v) is 1.27. The molecule has 90 valence electrons. The summed E-state index contributed by atoms with van der Waals surface area (Å²) < 4.78 is 10.2. The van der Waals surface area contributed by atoms with Gasteiger partial charge in [0.1, 0.15) is 5.82 Å². The summed E-state index contributed by atoms with van der Waals surface area (Å²) in [6.45, 7) is 1.50. The molecule has 16 heavy (non-hydrogen) atoms. The number of aromatic nitrogens is 2. The number of ether oxygens (including phenoxy) is 2. The second kappa shape index (κ2) is 7.10. The number of nitrogens with two attached hydrogens (primary N) is 1. The molecule has 1 aromatic heterocycles. The van der Waals surface area contributed by atoms with Crippen LogP contribution in [0.15, 0.2) is 12.4 Å². The minimum atomic E-state index is -0.0161. The summed E-state index contributed by atoms with van der Waals surface area (Å²) in [7, 11) is 3.28. The van der Waals surface area contributed by atoms with E-state index in [2.05, 4.69) is 15.3 Å². The smallest absolute Gasteiger partial charge is 0.149 e. The van der Waals surface area contributed by atoms with E-state index in [1.165, 1.54) is 0 Å². The van der Waals surface area contributed by atoms with Crippen molar-refractivity contribution in [1.29, 1.82) is 0 Å². The summed E-state index contributed by atoms with van der Waals surface area (Å²) in [4.78, 5) is 8.29. The zero-order valence-electron chi connectivity index (χ0n) is 9.64. The van der Waals surface area contributed by atoms with Crippen molar-refractivity contribution in [2.45, 2.75) is 12.6 Å². The fourth-order valence-electron chi connectivity index (χ4n) is 1.27. The number of hydrogen-bond acceptors (Lipinski definition) is 6. The second-order valence-electron chi connectivity index (χ2n) is 3.25. The Hall–Kier alpha value is -1.24. The second-order valence-corrected chi connectivity index (χ2v) is 3.25. The average Bonchev–Trinajstić information content (AvgIpc) is 2.34. The van der Waals surface area contributed by atoms with E-state index < -0.39 is 0 Å². The third-order valence-electron chi connectivity index (χ3n) is 2.15. The molecule has 1 atom stereocenters. The van der Waals surface area contributed by atoms with Crippen molar-refractivity contribution in [3.8, 4) is 0 Å². The van der Waals surface area contributed by atoms with Crippen LogP contribution in [0, 0.1) is 0 Å². The highest BCUT2D eigenvalue weighted by atomic mass is 16.5. The molecule has 0 aromatic carbocycles. The third-order valence-corrected chi connectivity index (χ3v) is 2.15. The first kappa shape index (κ1) is 12.8. The summed E-state index contributed by atoms with van der Waals surface area (Å²) in [6, 6.07) is 0. The van der Waals surface area contributed by atoms with E-state index in [9.17, 15) is 0 Å². The Balaban J connectivity index is 2.52. The van der Waals surface area contributed by atoms with Gasteiger partial charge in [-0.15, -0.1) is 0 Å². The quantitative estimate of drug-likeness (QED) is 0.681. The van der Waals surface area contributed by atoms with Crippen molar-refractivity contribution in [3.05, 3.63) is 18.1 Å². The molecule has 0 spiro atoms. The van der Waals surface area contributed by atoms with Gasteiger partial charge in [-0.2, -0.15) is 0 Å². The zero-order valence-corrected chi connectivity index (χ0v) is 9.64. The van der Waals surface area contributed by atoms with E-state index >= 15 is 0 Å². The Labute approximate surface area is 95.2 Å². The molecule has 0 aliphatic carbocycles. The molecule has 0 saturated carbocycles. The van der Waals surface area contributed by atoms with Crippen molar-refractivity contribution in [3.63, 3.8) is 0 Å². The molecule has 1 heterocycles. The van der Waals surface area contributed by atoms with Crippen LogP contribution in [-0.4, -0.2) is 43.4 Å². The van der Waals surface area contributed by atoms with Crippen LogP contribution in [0.1, 0.15) is 5.69 Å².